The van der Waals surface area contributed by atoms with Crippen molar-refractivity contribution in [2.24, 2.45) is 5.92 Å². The maximum absolute atomic E-state index is 13.1. The fourth-order valence-electron chi connectivity index (χ4n) is 7.21. The first-order valence-corrected chi connectivity index (χ1v) is 15.7. The standard InChI is InChI=1S/C33H52N4O2/c1-7-17-33(18-14-24(4)8-2)19-22-36(33)27-15-20-35(21-16-27)28-10-11-29(25(5)23-28)37(32(39)9-3)30-12-13-31(38)34-26(30)6/h10-11,23-24,27,30H,6-9,12-22H2,1-5H3,(H,34,38). The first kappa shape index (κ1) is 29.6. The molecule has 6 nitrogen and oxygen atoms in total. The van der Waals surface area contributed by atoms with E-state index in [4.69, 9.17) is 0 Å². The number of amides is 2. The summed E-state index contributed by atoms with van der Waals surface area (Å²) >= 11 is 0. The highest BCUT2D eigenvalue weighted by molar-refractivity contribution is 5.96. The largest absolute Gasteiger partial charge is 0.371 e. The summed E-state index contributed by atoms with van der Waals surface area (Å²) in [5.74, 6) is 0.872. The Kier molecular flexibility index (Phi) is 9.79. The van der Waals surface area contributed by atoms with Crippen LogP contribution in [0.1, 0.15) is 104 Å². The van der Waals surface area contributed by atoms with Gasteiger partial charge in [0.15, 0.2) is 0 Å². The average molecular weight is 537 g/mol. The van der Waals surface area contributed by atoms with Gasteiger partial charge in [-0.1, -0.05) is 47.1 Å². The van der Waals surface area contributed by atoms with Crippen molar-refractivity contribution in [1.29, 1.82) is 0 Å². The summed E-state index contributed by atoms with van der Waals surface area (Å²) in [6.45, 7) is 18.6. The second-order valence-electron chi connectivity index (χ2n) is 12.4. The van der Waals surface area contributed by atoms with E-state index in [1.165, 1.54) is 63.6 Å². The fourth-order valence-corrected chi connectivity index (χ4v) is 7.21. The smallest absolute Gasteiger partial charge is 0.227 e. The maximum atomic E-state index is 13.1. The Morgan fingerprint density at radius 3 is 2.46 bits per heavy atom. The lowest BCUT2D eigenvalue weighted by atomic mass is 9.73. The molecule has 0 radical (unpaired) electrons. The molecule has 2 amide bonds. The van der Waals surface area contributed by atoms with Gasteiger partial charge in [0.05, 0.1) is 6.04 Å². The number of rotatable bonds is 11. The van der Waals surface area contributed by atoms with Gasteiger partial charge in [-0.15, -0.1) is 0 Å². The lowest BCUT2D eigenvalue weighted by molar-refractivity contribution is -0.123. The Balaban J connectivity index is 1.42. The van der Waals surface area contributed by atoms with Crippen LogP contribution in [0, 0.1) is 12.8 Å². The van der Waals surface area contributed by atoms with Crippen LogP contribution >= 0.6 is 0 Å². The Morgan fingerprint density at radius 1 is 1.15 bits per heavy atom. The number of anilines is 2. The summed E-state index contributed by atoms with van der Waals surface area (Å²) in [6.07, 6.45) is 11.9. The van der Waals surface area contributed by atoms with Gasteiger partial charge in [0.25, 0.3) is 0 Å². The molecule has 216 valence electrons. The van der Waals surface area contributed by atoms with Gasteiger partial charge in [0.1, 0.15) is 0 Å². The van der Waals surface area contributed by atoms with E-state index in [0.29, 0.717) is 36.5 Å². The van der Waals surface area contributed by atoms with Crippen LogP contribution in [0.25, 0.3) is 0 Å². The molecule has 3 atom stereocenters. The first-order valence-electron chi connectivity index (χ1n) is 15.7. The molecule has 0 aliphatic carbocycles. The summed E-state index contributed by atoms with van der Waals surface area (Å²) in [5.41, 5.74) is 4.33. The molecule has 6 heteroatoms. The Bertz CT molecular complexity index is 1030. The van der Waals surface area contributed by atoms with Crippen molar-refractivity contribution in [2.45, 2.75) is 123 Å². The van der Waals surface area contributed by atoms with Crippen LogP contribution in [-0.4, -0.2) is 54.0 Å². The van der Waals surface area contributed by atoms with Crippen molar-refractivity contribution < 1.29 is 9.59 Å². The predicted molar refractivity (Wildman–Crippen MR) is 162 cm³/mol. The molecule has 3 fully saturated rings. The SMILES string of the molecule is C=C1NC(=O)CCC1N(C(=O)CC)c1ccc(N2CCC(N3CCC3(CCC)CCC(C)CC)CC2)cc1C. The van der Waals surface area contributed by atoms with E-state index in [0.717, 1.165) is 30.3 Å². The van der Waals surface area contributed by atoms with E-state index < -0.39 is 0 Å². The third-order valence-corrected chi connectivity index (χ3v) is 9.88. The van der Waals surface area contributed by atoms with Gasteiger partial charge in [-0.05, 0) is 81.5 Å². The molecule has 3 aliphatic rings. The quantitative estimate of drug-likeness (QED) is 0.348. The van der Waals surface area contributed by atoms with Crippen molar-refractivity contribution in [2.75, 3.05) is 29.4 Å². The monoisotopic (exact) mass is 536 g/mol. The third kappa shape index (κ3) is 6.37. The molecule has 0 aromatic heterocycles. The minimum atomic E-state index is -0.198. The predicted octanol–water partition coefficient (Wildman–Crippen LogP) is 6.57. The summed E-state index contributed by atoms with van der Waals surface area (Å²) < 4.78 is 0. The van der Waals surface area contributed by atoms with Gasteiger partial charge < -0.3 is 15.1 Å². The minimum Gasteiger partial charge on any atom is -0.371 e. The van der Waals surface area contributed by atoms with Crippen molar-refractivity contribution in [1.82, 2.24) is 10.2 Å². The Labute approximate surface area is 237 Å². The summed E-state index contributed by atoms with van der Waals surface area (Å²) in [7, 11) is 0. The molecule has 3 heterocycles. The number of carbonyl (C=O) groups is 2. The lowest BCUT2D eigenvalue weighted by Gasteiger charge is -2.58. The molecule has 0 bridgehead atoms. The molecule has 3 aliphatic heterocycles. The van der Waals surface area contributed by atoms with Gasteiger partial charge in [-0.3, -0.25) is 14.5 Å². The van der Waals surface area contributed by atoms with Crippen molar-refractivity contribution in [3.05, 3.63) is 36.0 Å². The van der Waals surface area contributed by atoms with Gasteiger partial charge in [-0.2, -0.15) is 0 Å². The molecule has 4 rings (SSSR count). The number of piperidine rings is 2. The first-order chi connectivity index (χ1) is 18.7. The molecule has 1 aromatic rings. The van der Waals surface area contributed by atoms with E-state index in [9.17, 15) is 9.59 Å². The Morgan fingerprint density at radius 2 is 1.90 bits per heavy atom. The van der Waals surface area contributed by atoms with E-state index >= 15 is 0 Å². The number of likely N-dealkylation sites (tertiary alicyclic amines) is 1. The van der Waals surface area contributed by atoms with E-state index in [1.54, 1.807) is 0 Å². The summed E-state index contributed by atoms with van der Waals surface area (Å²) in [6, 6.07) is 7.02. The van der Waals surface area contributed by atoms with E-state index in [2.05, 4.69) is 67.6 Å². The Hall–Kier alpha value is -2.34. The lowest BCUT2D eigenvalue weighted by Crippen LogP contribution is -2.65. The van der Waals surface area contributed by atoms with Crippen LogP contribution in [0.5, 0.6) is 0 Å². The van der Waals surface area contributed by atoms with Crippen LogP contribution < -0.4 is 15.1 Å². The summed E-state index contributed by atoms with van der Waals surface area (Å²) in [4.78, 5) is 32.2. The number of hydrogen-bond donors (Lipinski definition) is 1. The third-order valence-electron chi connectivity index (χ3n) is 9.88. The fraction of sp³-hybridized carbons (Fsp3) is 0.697. The number of hydrogen-bond acceptors (Lipinski definition) is 4. The highest BCUT2D eigenvalue weighted by atomic mass is 16.2. The van der Waals surface area contributed by atoms with Gasteiger partial charge in [0.2, 0.25) is 11.8 Å². The minimum absolute atomic E-state index is 0.0173. The van der Waals surface area contributed by atoms with Gasteiger partial charge in [-0.25, -0.2) is 0 Å². The van der Waals surface area contributed by atoms with Gasteiger partial charge in [0, 0.05) is 61.1 Å². The normalized spacial score (nSPS) is 25.3. The number of benzene rings is 1. The molecular weight excluding hydrogens is 484 g/mol. The molecule has 1 aromatic carbocycles. The maximum Gasteiger partial charge on any atom is 0.227 e. The zero-order chi connectivity index (χ0) is 28.2. The molecule has 3 unspecified atom stereocenters. The molecular formula is C33H52N4O2. The number of nitrogens with one attached hydrogen (secondary N) is 1. The van der Waals surface area contributed by atoms with Crippen molar-refractivity contribution >= 4 is 23.2 Å². The highest BCUT2D eigenvalue weighted by Crippen LogP contribution is 2.44. The van der Waals surface area contributed by atoms with Crippen molar-refractivity contribution in [3.63, 3.8) is 0 Å². The summed E-state index contributed by atoms with van der Waals surface area (Å²) in [5, 5.41) is 2.85. The van der Waals surface area contributed by atoms with Crippen LogP contribution in [0.4, 0.5) is 11.4 Å². The number of carbonyl (C=O) groups excluding carboxylic acids is 2. The zero-order valence-corrected chi connectivity index (χ0v) is 25.2. The zero-order valence-electron chi connectivity index (χ0n) is 25.2. The van der Waals surface area contributed by atoms with E-state index in [1.807, 2.05) is 11.8 Å². The van der Waals surface area contributed by atoms with Gasteiger partial charge >= 0.3 is 0 Å². The topological polar surface area (TPSA) is 55.9 Å². The second kappa shape index (κ2) is 12.9. The molecule has 39 heavy (non-hydrogen) atoms. The molecule has 1 N–H and O–H groups in total. The second-order valence-corrected chi connectivity index (χ2v) is 12.4. The van der Waals surface area contributed by atoms with Crippen LogP contribution in [0.3, 0.4) is 0 Å². The van der Waals surface area contributed by atoms with Crippen LogP contribution in [0.15, 0.2) is 30.5 Å². The molecule has 0 saturated carbocycles. The van der Waals surface area contributed by atoms with E-state index in [-0.39, 0.29) is 17.9 Å². The number of aryl methyl sites for hydroxylation is 1. The average Bonchev–Trinajstić information content (AvgIpc) is 2.92. The van der Waals surface area contributed by atoms with Crippen LogP contribution in [0.2, 0.25) is 0 Å². The van der Waals surface area contributed by atoms with Crippen molar-refractivity contribution in [3.8, 4) is 0 Å². The highest BCUT2D eigenvalue weighted by Gasteiger charge is 2.47. The van der Waals surface area contributed by atoms with Crippen LogP contribution in [-0.2, 0) is 9.59 Å². The molecule has 3 saturated heterocycles. The number of nitrogens with zero attached hydrogens (tertiary/aromatic N) is 3. The molecule has 0 spiro atoms.